The number of hydrogen-bond donors (Lipinski definition) is 7. The fraction of sp³-hybridized carbons (Fsp3) is 0.917. The fourth-order valence-electron chi connectivity index (χ4n) is 12.3. The van der Waals surface area contributed by atoms with Gasteiger partial charge in [-0.3, -0.25) is 4.79 Å². The maximum Gasteiger partial charge on any atom is 0.315 e. The summed E-state index contributed by atoms with van der Waals surface area (Å²) in [5.74, 6) is -0.749. The molecule has 1 heterocycles. The van der Waals surface area contributed by atoms with Crippen LogP contribution in [0.4, 0.5) is 0 Å². The van der Waals surface area contributed by atoms with E-state index in [9.17, 15) is 40.5 Å². The molecule has 5 aliphatic carbocycles. The van der Waals surface area contributed by atoms with Crippen LogP contribution < -0.4 is 0 Å². The van der Waals surface area contributed by atoms with Gasteiger partial charge in [0.05, 0.1) is 30.3 Å². The van der Waals surface area contributed by atoms with Crippen LogP contribution in [0.5, 0.6) is 0 Å². The minimum absolute atomic E-state index is 0.0435. The topological polar surface area (TPSA) is 177 Å². The second-order valence-corrected chi connectivity index (χ2v) is 17.4. The Morgan fingerprint density at radius 3 is 2.24 bits per heavy atom. The highest BCUT2D eigenvalue weighted by Crippen LogP contribution is 2.76. The Bertz CT molecular complexity index is 1240. The van der Waals surface area contributed by atoms with Gasteiger partial charge in [-0.15, -0.1) is 0 Å². The van der Waals surface area contributed by atoms with E-state index in [0.717, 1.165) is 31.3 Å². The number of allylic oxidation sites excluding steroid dienone is 1. The Balaban J connectivity index is 1.39. The number of aliphatic hydroxyl groups excluding tert-OH is 6. The van der Waals surface area contributed by atoms with Crippen molar-refractivity contribution < 1.29 is 50.0 Å². The minimum atomic E-state index is -1.70. The molecule has 0 aromatic rings. The average Bonchev–Trinajstić information content (AvgIpc) is 3.01. The van der Waals surface area contributed by atoms with Crippen molar-refractivity contribution >= 4 is 5.97 Å². The quantitative estimate of drug-likeness (QED) is 0.177. The first kappa shape index (κ1) is 34.7. The molecule has 6 rings (SSSR count). The van der Waals surface area contributed by atoms with E-state index in [2.05, 4.69) is 26.8 Å². The summed E-state index contributed by atoms with van der Waals surface area (Å²) >= 11 is 0. The molecule has 1 unspecified atom stereocenters. The SMILES string of the molecule is C[C@@H]1CC[C@]2(C(=O)O[C@H]3O[C@H](CO)[C@@H](O)[C@@H](O)[C@H]3O)CC[C@@]3(C)C(=CC[C@H]4[C@]3(C)CCC3[C@](C)(CO)[C@@H](O)CC[C@]34C)[C@@H]2[C@]1(C)O. The van der Waals surface area contributed by atoms with Crippen LogP contribution in [-0.2, 0) is 14.3 Å². The Morgan fingerprint density at radius 1 is 0.891 bits per heavy atom. The summed E-state index contributed by atoms with van der Waals surface area (Å²) in [5, 5.41) is 75.0. The van der Waals surface area contributed by atoms with E-state index < -0.39 is 71.7 Å². The highest BCUT2D eigenvalue weighted by atomic mass is 16.7. The number of rotatable bonds is 4. The van der Waals surface area contributed by atoms with E-state index in [1.54, 1.807) is 0 Å². The highest BCUT2D eigenvalue weighted by molar-refractivity contribution is 5.79. The number of aliphatic hydroxyl groups is 7. The Hall–Kier alpha value is -1.11. The number of carbonyl (C=O) groups excluding carboxylic acids is 1. The average molecular weight is 651 g/mol. The van der Waals surface area contributed by atoms with Crippen molar-refractivity contribution in [3.05, 3.63) is 11.6 Å². The smallest absolute Gasteiger partial charge is 0.315 e. The summed E-state index contributed by atoms with van der Waals surface area (Å²) in [4.78, 5) is 14.5. The Morgan fingerprint density at radius 2 is 1.59 bits per heavy atom. The molecule has 0 aromatic heterocycles. The number of carbonyl (C=O) groups is 1. The molecule has 0 amide bonds. The van der Waals surface area contributed by atoms with Gasteiger partial charge in [0.1, 0.15) is 24.4 Å². The van der Waals surface area contributed by atoms with Crippen molar-refractivity contribution in [1.29, 1.82) is 0 Å². The molecule has 4 saturated carbocycles. The molecular formula is C36H58O10. The molecule has 16 atom stereocenters. The van der Waals surface area contributed by atoms with Crippen LogP contribution in [-0.4, -0.2) is 97.3 Å². The lowest BCUT2D eigenvalue weighted by atomic mass is 9.33. The standard InChI is InChI=1S/C36H58O10/c1-19-9-14-36(30(43)46-29-27(42)26(41)25(40)21(17-37)45-29)16-15-33(4)20(28(36)35(19,6)44)7-8-23-31(2)12-11-24(39)32(3,18-38)22(31)10-13-34(23,33)5/h7,19,21-29,37-42,44H,8-18H2,1-6H3/t19-,21-,22?,23-,24+,25-,26-,27-,28-,29-,31-,32+,33+,34+,35-,36+/m1/s1. The molecule has 1 aliphatic heterocycles. The molecule has 6 aliphatic rings. The minimum Gasteiger partial charge on any atom is -0.432 e. The van der Waals surface area contributed by atoms with Crippen molar-refractivity contribution in [3.63, 3.8) is 0 Å². The van der Waals surface area contributed by atoms with E-state index in [-0.39, 0.29) is 34.7 Å². The molecule has 7 N–H and O–H groups in total. The third-order valence-corrected chi connectivity index (χ3v) is 15.7. The molecule has 10 heteroatoms. The lowest BCUT2D eigenvalue weighted by Crippen LogP contribution is -2.68. The Labute approximate surface area is 273 Å². The van der Waals surface area contributed by atoms with Gasteiger partial charge in [0.2, 0.25) is 6.29 Å². The van der Waals surface area contributed by atoms with Gasteiger partial charge >= 0.3 is 5.97 Å². The van der Waals surface area contributed by atoms with Gasteiger partial charge in [-0.25, -0.2) is 0 Å². The van der Waals surface area contributed by atoms with Crippen LogP contribution in [0, 0.1) is 50.7 Å². The van der Waals surface area contributed by atoms with Crippen molar-refractivity contribution in [2.45, 2.75) is 142 Å². The highest BCUT2D eigenvalue weighted by Gasteiger charge is 2.72. The van der Waals surface area contributed by atoms with Crippen LogP contribution in [0.25, 0.3) is 0 Å². The summed E-state index contributed by atoms with van der Waals surface area (Å²) in [6.07, 6.45) is 0.492. The van der Waals surface area contributed by atoms with E-state index in [4.69, 9.17) is 9.47 Å². The van der Waals surface area contributed by atoms with E-state index >= 15 is 0 Å². The molecule has 1 saturated heterocycles. The lowest BCUT2D eigenvalue weighted by Gasteiger charge is -2.72. The molecule has 46 heavy (non-hydrogen) atoms. The zero-order chi connectivity index (χ0) is 33.8. The second-order valence-electron chi connectivity index (χ2n) is 17.4. The number of ether oxygens (including phenoxy) is 2. The normalized spacial score (nSPS) is 56.8. The predicted octanol–water partition coefficient (Wildman–Crippen LogP) is 2.44. The number of esters is 1. The number of fused-ring (bicyclic) bond motifs is 7. The van der Waals surface area contributed by atoms with Crippen LogP contribution in [0.3, 0.4) is 0 Å². The van der Waals surface area contributed by atoms with Gasteiger partial charge in [0.25, 0.3) is 0 Å². The Kier molecular flexibility index (Phi) is 8.46. The zero-order valence-corrected chi connectivity index (χ0v) is 28.5. The molecule has 10 nitrogen and oxygen atoms in total. The van der Waals surface area contributed by atoms with E-state index in [0.29, 0.717) is 38.0 Å². The molecule has 262 valence electrons. The molecule has 0 radical (unpaired) electrons. The van der Waals surface area contributed by atoms with Crippen molar-refractivity contribution in [2.75, 3.05) is 13.2 Å². The van der Waals surface area contributed by atoms with E-state index in [1.165, 1.54) is 0 Å². The van der Waals surface area contributed by atoms with Crippen molar-refractivity contribution in [1.82, 2.24) is 0 Å². The maximum atomic E-state index is 14.5. The summed E-state index contributed by atoms with van der Waals surface area (Å²) in [7, 11) is 0. The number of hydrogen-bond acceptors (Lipinski definition) is 10. The van der Waals surface area contributed by atoms with E-state index in [1.807, 2.05) is 20.8 Å². The monoisotopic (exact) mass is 650 g/mol. The van der Waals surface area contributed by atoms with Crippen LogP contribution in [0.15, 0.2) is 11.6 Å². The summed E-state index contributed by atoms with van der Waals surface area (Å²) in [5.41, 5.74) is -2.34. The molecule has 0 spiro atoms. The molecule has 0 bridgehead atoms. The van der Waals surface area contributed by atoms with Crippen molar-refractivity contribution in [3.8, 4) is 0 Å². The van der Waals surface area contributed by atoms with Crippen molar-refractivity contribution in [2.24, 2.45) is 50.7 Å². The van der Waals surface area contributed by atoms with Gasteiger partial charge < -0.3 is 45.2 Å². The van der Waals surface area contributed by atoms with Crippen LogP contribution in [0.2, 0.25) is 0 Å². The third kappa shape index (κ3) is 4.39. The largest absolute Gasteiger partial charge is 0.432 e. The summed E-state index contributed by atoms with van der Waals surface area (Å²) < 4.78 is 11.5. The zero-order valence-electron chi connectivity index (χ0n) is 28.5. The van der Waals surface area contributed by atoms with Gasteiger partial charge in [-0.2, -0.15) is 0 Å². The predicted molar refractivity (Wildman–Crippen MR) is 168 cm³/mol. The first-order chi connectivity index (χ1) is 21.4. The second kappa shape index (κ2) is 11.2. The van der Waals surface area contributed by atoms with Gasteiger partial charge in [-0.05, 0) is 98.7 Å². The van der Waals surface area contributed by atoms with Gasteiger partial charge in [-0.1, -0.05) is 46.3 Å². The first-order valence-electron chi connectivity index (χ1n) is 17.6. The molecular weight excluding hydrogens is 592 g/mol. The molecule has 0 aromatic carbocycles. The first-order valence-corrected chi connectivity index (χ1v) is 17.6. The van der Waals surface area contributed by atoms with Crippen LogP contribution >= 0.6 is 0 Å². The maximum absolute atomic E-state index is 14.5. The van der Waals surface area contributed by atoms with Gasteiger partial charge in [0.15, 0.2) is 0 Å². The van der Waals surface area contributed by atoms with Gasteiger partial charge in [0, 0.05) is 11.3 Å². The summed E-state index contributed by atoms with van der Waals surface area (Å²) in [6.45, 7) is 12.3. The lowest BCUT2D eigenvalue weighted by molar-refractivity contribution is -0.299. The summed E-state index contributed by atoms with van der Waals surface area (Å²) in [6, 6.07) is 0. The molecule has 5 fully saturated rings. The third-order valence-electron chi connectivity index (χ3n) is 15.7. The fourth-order valence-corrected chi connectivity index (χ4v) is 12.3. The van der Waals surface area contributed by atoms with Crippen LogP contribution in [0.1, 0.15) is 99.3 Å².